The third-order valence-electron chi connectivity index (χ3n) is 5.68. The fraction of sp³-hybridized carbons (Fsp3) is 0.818. The summed E-state index contributed by atoms with van der Waals surface area (Å²) in [4.78, 5) is 48.0. The predicted octanol–water partition coefficient (Wildman–Crippen LogP) is 2.44. The van der Waals surface area contributed by atoms with Crippen LogP contribution in [0.25, 0.3) is 0 Å². The Labute approximate surface area is 185 Å². The Balaban J connectivity index is 2.51. The lowest BCUT2D eigenvalue weighted by atomic mass is 9.81. The molecule has 9 heteroatoms. The maximum atomic E-state index is 12.7. The number of rotatable bonds is 9. The van der Waals surface area contributed by atoms with Gasteiger partial charge in [-0.3, -0.25) is 14.4 Å². The molecule has 1 unspecified atom stereocenters. The topological polar surface area (TPSA) is 134 Å². The van der Waals surface area contributed by atoms with E-state index in [4.69, 9.17) is 9.84 Å². The second kappa shape index (κ2) is 11.9. The monoisotopic (exact) mass is 441 g/mol. The molecule has 178 valence electrons. The molecule has 1 fully saturated rings. The first kappa shape index (κ1) is 26.7. The highest BCUT2D eigenvalue weighted by atomic mass is 16.6. The molecule has 0 aromatic rings. The molecule has 1 saturated carbocycles. The van der Waals surface area contributed by atoms with Gasteiger partial charge in [-0.2, -0.15) is 0 Å². The fourth-order valence-corrected chi connectivity index (χ4v) is 3.51. The normalized spacial score (nSPS) is 21.9. The molecule has 0 heterocycles. The lowest BCUT2D eigenvalue weighted by Gasteiger charge is -2.30. The average molecular weight is 442 g/mol. The Kier molecular flexibility index (Phi) is 10.3. The first-order chi connectivity index (χ1) is 14.3. The van der Waals surface area contributed by atoms with E-state index in [0.717, 1.165) is 19.3 Å². The van der Waals surface area contributed by atoms with Crippen molar-refractivity contribution in [2.24, 2.45) is 17.8 Å². The largest absolute Gasteiger partial charge is 0.480 e. The third-order valence-corrected chi connectivity index (χ3v) is 5.68. The molecule has 0 aromatic heterocycles. The Morgan fingerprint density at radius 2 is 1.61 bits per heavy atom. The Hall–Kier alpha value is -2.32. The summed E-state index contributed by atoms with van der Waals surface area (Å²) in [5, 5.41) is 17.1. The Morgan fingerprint density at radius 1 is 1.03 bits per heavy atom. The van der Waals surface area contributed by atoms with Crippen molar-refractivity contribution < 1.29 is 29.0 Å². The zero-order chi connectivity index (χ0) is 23.8. The van der Waals surface area contributed by atoms with Crippen LogP contribution in [0.1, 0.15) is 73.6 Å². The van der Waals surface area contributed by atoms with Crippen LogP contribution in [0, 0.1) is 17.8 Å². The molecular weight excluding hydrogens is 402 g/mol. The van der Waals surface area contributed by atoms with E-state index >= 15 is 0 Å². The highest BCUT2D eigenvalue weighted by Gasteiger charge is 2.31. The van der Waals surface area contributed by atoms with Gasteiger partial charge in [-0.25, -0.2) is 4.79 Å². The van der Waals surface area contributed by atoms with Gasteiger partial charge in [-0.15, -0.1) is 0 Å². The number of carboxylic acid groups (broad SMARTS) is 1. The standard InChI is InChI=1S/C22H39N3O6/c1-7-13(2)17(25-21(30)31-22(4,5)6)19(27)23-12-15-8-10-16(11-9-15)18(26)24-14(3)20(28)29/h13-17H,7-12H2,1-6H3,(H,23,27)(H,24,26)(H,25,30)(H,28,29)/t13?,14-,15?,16?,17+/m1/s1. The Bertz CT molecular complexity index is 638. The van der Waals surface area contributed by atoms with Crippen molar-refractivity contribution in [2.75, 3.05) is 6.54 Å². The zero-order valence-electron chi connectivity index (χ0n) is 19.6. The summed E-state index contributed by atoms with van der Waals surface area (Å²) in [5.74, 6) is -1.53. The van der Waals surface area contributed by atoms with Gasteiger partial charge in [0.05, 0.1) is 0 Å². The summed E-state index contributed by atoms with van der Waals surface area (Å²) >= 11 is 0. The molecule has 9 nitrogen and oxygen atoms in total. The van der Waals surface area contributed by atoms with Crippen molar-refractivity contribution >= 4 is 23.9 Å². The molecule has 1 rings (SSSR count). The highest BCUT2D eigenvalue weighted by molar-refractivity contribution is 5.86. The lowest BCUT2D eigenvalue weighted by Crippen LogP contribution is -2.52. The number of aliphatic carboxylic acids is 1. The van der Waals surface area contributed by atoms with Crippen molar-refractivity contribution in [3.05, 3.63) is 0 Å². The summed E-state index contributed by atoms with van der Waals surface area (Å²) < 4.78 is 5.28. The van der Waals surface area contributed by atoms with Gasteiger partial charge < -0.3 is 25.8 Å². The number of carbonyl (C=O) groups excluding carboxylic acids is 3. The van der Waals surface area contributed by atoms with Crippen LogP contribution in [-0.2, 0) is 19.1 Å². The number of hydrogen-bond acceptors (Lipinski definition) is 5. The molecule has 0 aliphatic heterocycles. The second-order valence-corrected chi connectivity index (χ2v) is 9.54. The summed E-state index contributed by atoms with van der Waals surface area (Å²) in [7, 11) is 0. The second-order valence-electron chi connectivity index (χ2n) is 9.54. The van der Waals surface area contributed by atoms with Crippen LogP contribution in [0.4, 0.5) is 4.79 Å². The van der Waals surface area contributed by atoms with Crippen LogP contribution in [0.5, 0.6) is 0 Å². The van der Waals surface area contributed by atoms with Gasteiger partial charge in [-0.05, 0) is 65.2 Å². The smallest absolute Gasteiger partial charge is 0.408 e. The van der Waals surface area contributed by atoms with Crippen molar-refractivity contribution in [1.82, 2.24) is 16.0 Å². The minimum Gasteiger partial charge on any atom is -0.480 e. The van der Waals surface area contributed by atoms with E-state index in [1.165, 1.54) is 6.92 Å². The summed E-state index contributed by atoms with van der Waals surface area (Å²) in [6, 6.07) is -1.58. The lowest BCUT2D eigenvalue weighted by molar-refractivity contribution is -0.142. The highest BCUT2D eigenvalue weighted by Crippen LogP contribution is 2.28. The molecule has 4 N–H and O–H groups in total. The van der Waals surface area contributed by atoms with Gasteiger partial charge in [0.1, 0.15) is 17.7 Å². The minimum atomic E-state index is -1.05. The van der Waals surface area contributed by atoms with E-state index in [-0.39, 0.29) is 29.6 Å². The maximum Gasteiger partial charge on any atom is 0.408 e. The van der Waals surface area contributed by atoms with Gasteiger partial charge in [0.2, 0.25) is 11.8 Å². The van der Waals surface area contributed by atoms with Gasteiger partial charge in [-0.1, -0.05) is 20.3 Å². The van der Waals surface area contributed by atoms with Crippen molar-refractivity contribution in [3.63, 3.8) is 0 Å². The van der Waals surface area contributed by atoms with Crippen LogP contribution in [0.3, 0.4) is 0 Å². The van der Waals surface area contributed by atoms with E-state index in [2.05, 4.69) is 16.0 Å². The van der Waals surface area contributed by atoms with Crippen molar-refractivity contribution in [2.45, 2.75) is 91.3 Å². The average Bonchev–Trinajstić information content (AvgIpc) is 2.68. The number of nitrogens with one attached hydrogen (secondary N) is 3. The number of amides is 3. The molecular formula is C22H39N3O6. The molecule has 0 radical (unpaired) electrons. The van der Waals surface area contributed by atoms with E-state index in [0.29, 0.717) is 19.4 Å². The summed E-state index contributed by atoms with van der Waals surface area (Å²) in [6.45, 7) is 11.1. The van der Waals surface area contributed by atoms with Crippen LogP contribution in [-0.4, -0.2) is 53.2 Å². The first-order valence-electron chi connectivity index (χ1n) is 11.1. The molecule has 1 aliphatic rings. The number of hydrogen-bond donors (Lipinski definition) is 4. The van der Waals surface area contributed by atoms with E-state index in [1.807, 2.05) is 13.8 Å². The molecule has 3 atom stereocenters. The molecule has 31 heavy (non-hydrogen) atoms. The van der Waals surface area contributed by atoms with Gasteiger partial charge in [0.25, 0.3) is 0 Å². The van der Waals surface area contributed by atoms with Crippen molar-refractivity contribution in [1.29, 1.82) is 0 Å². The maximum absolute atomic E-state index is 12.7. The fourth-order valence-electron chi connectivity index (χ4n) is 3.51. The molecule has 3 amide bonds. The van der Waals surface area contributed by atoms with E-state index in [9.17, 15) is 19.2 Å². The molecule has 0 spiro atoms. The van der Waals surface area contributed by atoms with E-state index in [1.54, 1.807) is 20.8 Å². The Morgan fingerprint density at radius 3 is 2.10 bits per heavy atom. The number of ether oxygens (including phenoxy) is 1. The van der Waals surface area contributed by atoms with Crippen molar-refractivity contribution in [3.8, 4) is 0 Å². The zero-order valence-corrected chi connectivity index (χ0v) is 19.6. The van der Waals surface area contributed by atoms with Crippen LogP contribution < -0.4 is 16.0 Å². The van der Waals surface area contributed by atoms with Crippen LogP contribution >= 0.6 is 0 Å². The molecule has 1 aliphatic carbocycles. The number of alkyl carbamates (subject to hydrolysis) is 1. The molecule has 0 bridgehead atoms. The van der Waals surface area contributed by atoms with E-state index < -0.39 is 29.7 Å². The predicted molar refractivity (Wildman–Crippen MR) is 116 cm³/mol. The SMILES string of the molecule is CCC(C)[C@H](NC(=O)OC(C)(C)C)C(=O)NCC1CCC(C(=O)N[C@H](C)C(=O)O)CC1. The molecule has 0 saturated heterocycles. The van der Waals surface area contributed by atoms with Crippen LogP contribution in [0.2, 0.25) is 0 Å². The first-order valence-corrected chi connectivity index (χ1v) is 11.1. The quantitative estimate of drug-likeness (QED) is 0.434. The summed E-state index contributed by atoms with van der Waals surface area (Å²) in [6.07, 6.45) is 2.96. The van der Waals surface area contributed by atoms with Gasteiger partial charge in [0, 0.05) is 12.5 Å². The summed E-state index contributed by atoms with van der Waals surface area (Å²) in [5.41, 5.74) is -0.645. The van der Waals surface area contributed by atoms with Crippen LogP contribution in [0.15, 0.2) is 0 Å². The third kappa shape index (κ3) is 9.57. The van der Waals surface area contributed by atoms with Gasteiger partial charge in [0.15, 0.2) is 0 Å². The number of carboxylic acids is 1. The minimum absolute atomic E-state index is 0.0526. The molecule has 0 aromatic carbocycles. The number of carbonyl (C=O) groups is 4. The van der Waals surface area contributed by atoms with Gasteiger partial charge >= 0.3 is 12.1 Å².